The Hall–Kier alpha value is -4.26. The van der Waals surface area contributed by atoms with Gasteiger partial charge in [-0.1, -0.05) is 78.9 Å². The van der Waals surface area contributed by atoms with Crippen molar-refractivity contribution in [1.29, 1.82) is 0 Å². The van der Waals surface area contributed by atoms with E-state index in [2.05, 4.69) is 5.10 Å². The van der Waals surface area contributed by atoms with Gasteiger partial charge in [-0.05, 0) is 17.2 Å². The first-order chi connectivity index (χ1) is 16.0. The molecule has 0 saturated heterocycles. The third-order valence-electron chi connectivity index (χ3n) is 5.36. The summed E-state index contributed by atoms with van der Waals surface area (Å²) in [6, 6.07) is 26.4. The molecule has 166 valence electrons. The predicted molar refractivity (Wildman–Crippen MR) is 126 cm³/mol. The van der Waals surface area contributed by atoms with Gasteiger partial charge in [0.15, 0.2) is 0 Å². The smallest absolute Gasteiger partial charge is 0.275 e. The highest BCUT2D eigenvalue weighted by atomic mass is 16.2. The monoisotopic (exact) mass is 440 g/mol. The summed E-state index contributed by atoms with van der Waals surface area (Å²) in [5.41, 5.74) is 7.63. The van der Waals surface area contributed by atoms with Crippen LogP contribution in [-0.4, -0.2) is 33.0 Å². The molecule has 3 aromatic carbocycles. The van der Waals surface area contributed by atoms with Crippen molar-refractivity contribution in [2.75, 3.05) is 6.54 Å². The SMILES string of the molecule is NC(=O)CN(Cc1ccccc1)C(=O)Cn1nc(Cc2ccccc2)c2ccccc2c1=O. The summed E-state index contributed by atoms with van der Waals surface area (Å²) in [6.07, 6.45) is 0.519. The van der Waals surface area contributed by atoms with E-state index in [1.807, 2.05) is 72.8 Å². The minimum Gasteiger partial charge on any atom is -0.368 e. The average molecular weight is 441 g/mol. The second-order valence-electron chi connectivity index (χ2n) is 7.82. The van der Waals surface area contributed by atoms with E-state index in [1.165, 1.54) is 9.58 Å². The summed E-state index contributed by atoms with van der Waals surface area (Å²) in [5, 5.41) is 5.80. The number of benzene rings is 3. The molecule has 0 spiro atoms. The highest BCUT2D eigenvalue weighted by molar-refractivity contribution is 5.85. The molecule has 0 aliphatic heterocycles. The second kappa shape index (κ2) is 9.91. The van der Waals surface area contributed by atoms with Gasteiger partial charge in [0, 0.05) is 18.4 Å². The van der Waals surface area contributed by atoms with E-state index in [4.69, 9.17) is 5.73 Å². The maximum Gasteiger partial charge on any atom is 0.275 e. The number of carbonyl (C=O) groups excluding carboxylic acids is 2. The largest absolute Gasteiger partial charge is 0.368 e. The molecule has 0 aliphatic carbocycles. The van der Waals surface area contributed by atoms with Gasteiger partial charge in [0.2, 0.25) is 11.8 Å². The number of amides is 2. The molecule has 33 heavy (non-hydrogen) atoms. The van der Waals surface area contributed by atoms with Crippen molar-refractivity contribution in [2.45, 2.75) is 19.5 Å². The average Bonchev–Trinajstić information content (AvgIpc) is 2.82. The van der Waals surface area contributed by atoms with Crippen molar-refractivity contribution in [1.82, 2.24) is 14.7 Å². The molecule has 4 aromatic rings. The Morgan fingerprint density at radius 2 is 1.39 bits per heavy atom. The lowest BCUT2D eigenvalue weighted by Crippen LogP contribution is -2.41. The topological polar surface area (TPSA) is 98.3 Å². The molecular formula is C26H24N4O3. The fourth-order valence-corrected chi connectivity index (χ4v) is 3.78. The lowest BCUT2D eigenvalue weighted by Gasteiger charge is -2.22. The summed E-state index contributed by atoms with van der Waals surface area (Å²) in [6.45, 7) is -0.319. The van der Waals surface area contributed by atoms with E-state index in [9.17, 15) is 14.4 Å². The van der Waals surface area contributed by atoms with Crippen LogP contribution in [0.2, 0.25) is 0 Å². The van der Waals surface area contributed by atoms with Crippen LogP contribution in [0.3, 0.4) is 0 Å². The van der Waals surface area contributed by atoms with E-state index in [0.29, 0.717) is 17.5 Å². The first-order valence-electron chi connectivity index (χ1n) is 10.6. The molecule has 0 saturated carbocycles. The predicted octanol–water partition coefficient (Wildman–Crippen LogP) is 2.50. The molecule has 0 fully saturated rings. The third-order valence-corrected chi connectivity index (χ3v) is 5.36. The lowest BCUT2D eigenvalue weighted by atomic mass is 10.0. The minimum atomic E-state index is -0.622. The Labute approximate surface area is 191 Å². The van der Waals surface area contributed by atoms with E-state index >= 15 is 0 Å². The van der Waals surface area contributed by atoms with E-state index in [0.717, 1.165) is 16.5 Å². The molecule has 1 aromatic heterocycles. The van der Waals surface area contributed by atoms with Gasteiger partial charge in [-0.2, -0.15) is 5.10 Å². The molecule has 0 unspecified atom stereocenters. The summed E-state index contributed by atoms with van der Waals surface area (Å²) < 4.78 is 1.18. The van der Waals surface area contributed by atoms with Crippen molar-refractivity contribution >= 4 is 22.6 Å². The lowest BCUT2D eigenvalue weighted by molar-refractivity contribution is -0.136. The summed E-state index contributed by atoms with van der Waals surface area (Å²) in [5.74, 6) is -1.03. The number of carbonyl (C=O) groups is 2. The van der Waals surface area contributed by atoms with Crippen LogP contribution >= 0.6 is 0 Å². The first-order valence-corrected chi connectivity index (χ1v) is 10.6. The molecular weight excluding hydrogens is 416 g/mol. The molecule has 2 amide bonds. The van der Waals surface area contributed by atoms with Gasteiger partial charge in [0.25, 0.3) is 5.56 Å². The molecule has 7 nitrogen and oxygen atoms in total. The van der Waals surface area contributed by atoms with Crippen LogP contribution in [0.1, 0.15) is 16.8 Å². The standard InChI is InChI=1S/C26H24N4O3/c27-24(31)17-29(16-20-11-5-2-6-12-20)25(32)18-30-26(33)22-14-8-7-13-21(22)23(28-30)15-19-9-3-1-4-10-19/h1-14H,15-18H2,(H2,27,31). The van der Waals surface area contributed by atoms with Crippen LogP contribution in [0.4, 0.5) is 0 Å². The van der Waals surface area contributed by atoms with E-state index in [-0.39, 0.29) is 25.2 Å². The van der Waals surface area contributed by atoms with Gasteiger partial charge in [0.1, 0.15) is 6.54 Å². The number of hydrogen-bond donors (Lipinski definition) is 1. The fraction of sp³-hybridized carbons (Fsp3) is 0.154. The van der Waals surface area contributed by atoms with Crippen molar-refractivity contribution in [3.63, 3.8) is 0 Å². The zero-order valence-corrected chi connectivity index (χ0v) is 18.1. The third kappa shape index (κ3) is 5.33. The van der Waals surface area contributed by atoms with Crippen molar-refractivity contribution in [3.05, 3.63) is 112 Å². The zero-order valence-electron chi connectivity index (χ0n) is 18.1. The number of primary amides is 1. The Balaban J connectivity index is 1.67. The summed E-state index contributed by atoms with van der Waals surface area (Å²) >= 11 is 0. The van der Waals surface area contributed by atoms with Gasteiger partial charge < -0.3 is 10.6 Å². The number of nitrogens with zero attached hydrogens (tertiary/aromatic N) is 3. The number of nitrogens with two attached hydrogens (primary N) is 1. The van der Waals surface area contributed by atoms with Gasteiger partial charge >= 0.3 is 0 Å². The highest BCUT2D eigenvalue weighted by Crippen LogP contribution is 2.17. The Morgan fingerprint density at radius 3 is 2.03 bits per heavy atom. The quantitative estimate of drug-likeness (QED) is 0.455. The van der Waals surface area contributed by atoms with Gasteiger partial charge in [-0.25, -0.2) is 4.68 Å². The minimum absolute atomic E-state index is 0.210. The van der Waals surface area contributed by atoms with E-state index < -0.39 is 11.8 Å². The molecule has 2 N–H and O–H groups in total. The normalized spacial score (nSPS) is 10.8. The van der Waals surface area contributed by atoms with Crippen LogP contribution in [0.15, 0.2) is 89.7 Å². The number of hydrogen-bond acceptors (Lipinski definition) is 4. The molecule has 4 rings (SSSR count). The summed E-state index contributed by atoms with van der Waals surface area (Å²) in [4.78, 5) is 39.2. The van der Waals surface area contributed by atoms with Crippen LogP contribution in [0.25, 0.3) is 10.8 Å². The highest BCUT2D eigenvalue weighted by Gasteiger charge is 2.19. The van der Waals surface area contributed by atoms with Gasteiger partial charge in [-0.3, -0.25) is 14.4 Å². The molecule has 1 heterocycles. The molecule has 7 heteroatoms. The molecule has 0 bridgehead atoms. The molecule has 0 atom stereocenters. The van der Waals surface area contributed by atoms with Crippen molar-refractivity contribution in [3.8, 4) is 0 Å². The Morgan fingerprint density at radius 1 is 0.818 bits per heavy atom. The maximum atomic E-state index is 13.1. The molecule has 0 radical (unpaired) electrons. The maximum absolute atomic E-state index is 13.1. The molecule has 0 aliphatic rings. The number of aromatic nitrogens is 2. The van der Waals surface area contributed by atoms with Crippen molar-refractivity contribution in [2.24, 2.45) is 5.73 Å². The van der Waals surface area contributed by atoms with Crippen LogP contribution in [-0.2, 0) is 29.1 Å². The second-order valence-corrected chi connectivity index (χ2v) is 7.82. The Kier molecular flexibility index (Phi) is 6.59. The van der Waals surface area contributed by atoms with Gasteiger partial charge in [-0.15, -0.1) is 0 Å². The van der Waals surface area contributed by atoms with Crippen LogP contribution in [0, 0.1) is 0 Å². The van der Waals surface area contributed by atoms with Crippen molar-refractivity contribution < 1.29 is 9.59 Å². The van der Waals surface area contributed by atoms with Crippen LogP contribution < -0.4 is 11.3 Å². The van der Waals surface area contributed by atoms with E-state index in [1.54, 1.807) is 12.1 Å². The summed E-state index contributed by atoms with van der Waals surface area (Å²) in [7, 11) is 0. The zero-order chi connectivity index (χ0) is 23.2. The first kappa shape index (κ1) is 22.0. The Bertz CT molecular complexity index is 1330. The number of rotatable bonds is 8. The fourth-order valence-electron chi connectivity index (χ4n) is 3.78. The van der Waals surface area contributed by atoms with Gasteiger partial charge in [0.05, 0.1) is 17.6 Å². The van der Waals surface area contributed by atoms with Crippen LogP contribution in [0.5, 0.6) is 0 Å². The number of fused-ring (bicyclic) bond motifs is 1.